The van der Waals surface area contributed by atoms with Crippen LogP contribution in [0.25, 0.3) is 0 Å². The number of morpholine rings is 1. The lowest BCUT2D eigenvalue weighted by Crippen LogP contribution is -2.37. The van der Waals surface area contributed by atoms with Crippen LogP contribution in [0.3, 0.4) is 0 Å². The highest BCUT2D eigenvalue weighted by Gasteiger charge is 2.18. The van der Waals surface area contributed by atoms with Crippen molar-refractivity contribution >= 4 is 27.6 Å². The van der Waals surface area contributed by atoms with Crippen molar-refractivity contribution in [3.8, 4) is 0 Å². The van der Waals surface area contributed by atoms with Gasteiger partial charge in [0.2, 0.25) is 16.0 Å². The predicted molar refractivity (Wildman–Crippen MR) is 95.3 cm³/mol. The molecule has 0 radical (unpaired) electrons. The SMILES string of the molecule is Cc1ccc(Cl)cc1S(=O)(=O)NCc1ccnc(N2CCOCC2)n1. The Labute approximate surface area is 152 Å². The van der Waals surface area contributed by atoms with Gasteiger partial charge in [-0.2, -0.15) is 0 Å². The van der Waals surface area contributed by atoms with Gasteiger partial charge in [0.25, 0.3) is 0 Å². The van der Waals surface area contributed by atoms with E-state index in [0.717, 1.165) is 13.1 Å². The van der Waals surface area contributed by atoms with Crippen LogP contribution in [0.15, 0.2) is 35.4 Å². The van der Waals surface area contributed by atoms with E-state index in [1.165, 1.54) is 6.07 Å². The van der Waals surface area contributed by atoms with Crippen molar-refractivity contribution in [3.05, 3.63) is 46.7 Å². The minimum atomic E-state index is -3.68. The molecule has 0 bridgehead atoms. The van der Waals surface area contributed by atoms with Gasteiger partial charge in [0.1, 0.15) is 0 Å². The molecule has 25 heavy (non-hydrogen) atoms. The fourth-order valence-electron chi connectivity index (χ4n) is 2.51. The Bertz CT molecular complexity index is 854. The minimum Gasteiger partial charge on any atom is -0.378 e. The molecular weight excluding hydrogens is 364 g/mol. The average molecular weight is 383 g/mol. The van der Waals surface area contributed by atoms with Gasteiger partial charge in [0.15, 0.2) is 0 Å². The molecule has 134 valence electrons. The first-order chi connectivity index (χ1) is 12.0. The molecule has 0 saturated carbocycles. The Balaban J connectivity index is 1.73. The first-order valence-corrected chi connectivity index (χ1v) is 9.72. The van der Waals surface area contributed by atoms with E-state index in [2.05, 4.69) is 14.7 Å². The number of aromatic nitrogens is 2. The molecule has 7 nitrogen and oxygen atoms in total. The number of halogens is 1. The quantitative estimate of drug-likeness (QED) is 0.848. The normalized spacial score (nSPS) is 15.4. The van der Waals surface area contributed by atoms with Gasteiger partial charge >= 0.3 is 0 Å². The van der Waals surface area contributed by atoms with Crippen LogP contribution in [0, 0.1) is 6.92 Å². The lowest BCUT2D eigenvalue weighted by molar-refractivity contribution is 0.122. The molecule has 2 heterocycles. The maximum Gasteiger partial charge on any atom is 0.241 e. The van der Waals surface area contributed by atoms with E-state index in [9.17, 15) is 8.42 Å². The van der Waals surface area contributed by atoms with Crippen LogP contribution in [-0.2, 0) is 21.3 Å². The van der Waals surface area contributed by atoms with E-state index in [0.29, 0.717) is 35.4 Å². The number of aryl methyl sites for hydroxylation is 1. The summed E-state index contributed by atoms with van der Waals surface area (Å²) in [6.07, 6.45) is 1.63. The molecule has 1 aliphatic heterocycles. The van der Waals surface area contributed by atoms with Gasteiger partial charge in [-0.3, -0.25) is 0 Å². The maximum atomic E-state index is 12.5. The molecule has 1 aromatic heterocycles. The number of anilines is 1. The molecule has 1 N–H and O–H groups in total. The van der Waals surface area contributed by atoms with Crippen LogP contribution in [0.4, 0.5) is 5.95 Å². The van der Waals surface area contributed by atoms with E-state index in [1.54, 1.807) is 31.3 Å². The number of hydrogen-bond donors (Lipinski definition) is 1. The number of rotatable bonds is 5. The number of ether oxygens (including phenoxy) is 1. The zero-order valence-electron chi connectivity index (χ0n) is 13.8. The van der Waals surface area contributed by atoms with Crippen LogP contribution in [0.5, 0.6) is 0 Å². The Morgan fingerprint density at radius 2 is 2.04 bits per heavy atom. The summed E-state index contributed by atoms with van der Waals surface area (Å²) in [5.74, 6) is 0.582. The highest BCUT2D eigenvalue weighted by molar-refractivity contribution is 7.89. The van der Waals surface area contributed by atoms with Gasteiger partial charge in [-0.05, 0) is 30.7 Å². The molecule has 2 aromatic rings. The van der Waals surface area contributed by atoms with E-state index >= 15 is 0 Å². The number of nitrogens with one attached hydrogen (secondary N) is 1. The topological polar surface area (TPSA) is 84.4 Å². The summed E-state index contributed by atoms with van der Waals surface area (Å²) in [6.45, 7) is 4.51. The fraction of sp³-hybridized carbons (Fsp3) is 0.375. The molecule has 1 saturated heterocycles. The number of hydrogen-bond acceptors (Lipinski definition) is 6. The lowest BCUT2D eigenvalue weighted by Gasteiger charge is -2.26. The molecule has 1 fully saturated rings. The van der Waals surface area contributed by atoms with Gasteiger partial charge in [0, 0.05) is 24.3 Å². The molecule has 0 unspecified atom stereocenters. The molecule has 1 aromatic carbocycles. The summed E-state index contributed by atoms with van der Waals surface area (Å²) < 4.78 is 32.9. The summed E-state index contributed by atoms with van der Waals surface area (Å²) in [7, 11) is -3.68. The van der Waals surface area contributed by atoms with Gasteiger partial charge in [-0.15, -0.1) is 0 Å². The standard InChI is InChI=1S/C16H19ClN4O3S/c1-12-2-3-13(17)10-15(12)25(22,23)19-11-14-4-5-18-16(20-14)21-6-8-24-9-7-21/h2-5,10,19H,6-9,11H2,1H3. The van der Waals surface area contributed by atoms with Crippen LogP contribution in [0.1, 0.15) is 11.3 Å². The summed E-state index contributed by atoms with van der Waals surface area (Å²) >= 11 is 5.92. The van der Waals surface area contributed by atoms with Crippen molar-refractivity contribution in [2.24, 2.45) is 0 Å². The Morgan fingerprint density at radius 1 is 1.28 bits per heavy atom. The van der Waals surface area contributed by atoms with Crippen molar-refractivity contribution in [1.29, 1.82) is 0 Å². The fourth-order valence-corrected chi connectivity index (χ4v) is 4.01. The second-order valence-corrected chi connectivity index (χ2v) is 7.85. The second-order valence-electron chi connectivity index (χ2n) is 5.68. The van der Waals surface area contributed by atoms with E-state index in [-0.39, 0.29) is 11.4 Å². The van der Waals surface area contributed by atoms with Gasteiger partial charge in [-0.1, -0.05) is 17.7 Å². The number of nitrogens with zero attached hydrogens (tertiary/aromatic N) is 3. The molecule has 3 rings (SSSR count). The lowest BCUT2D eigenvalue weighted by atomic mass is 10.2. The van der Waals surface area contributed by atoms with Crippen LogP contribution in [-0.4, -0.2) is 44.7 Å². The molecule has 9 heteroatoms. The van der Waals surface area contributed by atoms with Crippen molar-refractivity contribution in [1.82, 2.24) is 14.7 Å². The Hall–Kier alpha value is -1.74. The van der Waals surface area contributed by atoms with Crippen LogP contribution in [0.2, 0.25) is 5.02 Å². The second kappa shape index (κ2) is 7.65. The minimum absolute atomic E-state index is 0.0775. The predicted octanol–water partition coefficient (Wildman–Crippen LogP) is 1.75. The Morgan fingerprint density at radius 3 is 2.80 bits per heavy atom. The van der Waals surface area contributed by atoms with Gasteiger partial charge in [0.05, 0.1) is 30.3 Å². The molecule has 0 aliphatic carbocycles. The zero-order valence-corrected chi connectivity index (χ0v) is 15.3. The summed E-state index contributed by atoms with van der Waals surface area (Å²) in [6, 6.07) is 6.47. The van der Waals surface area contributed by atoms with Gasteiger partial charge in [-0.25, -0.2) is 23.1 Å². The molecule has 0 atom stereocenters. The maximum absolute atomic E-state index is 12.5. The summed E-state index contributed by atoms with van der Waals surface area (Å²) in [5.41, 5.74) is 1.23. The first-order valence-electron chi connectivity index (χ1n) is 7.86. The largest absolute Gasteiger partial charge is 0.378 e. The number of sulfonamides is 1. The zero-order chi connectivity index (χ0) is 17.9. The molecule has 0 spiro atoms. The first kappa shape index (κ1) is 18.1. The molecular formula is C16H19ClN4O3S. The average Bonchev–Trinajstić information content (AvgIpc) is 2.63. The van der Waals surface area contributed by atoms with Crippen molar-refractivity contribution in [3.63, 3.8) is 0 Å². The van der Waals surface area contributed by atoms with Gasteiger partial charge < -0.3 is 9.64 Å². The smallest absolute Gasteiger partial charge is 0.241 e. The van der Waals surface area contributed by atoms with E-state index in [4.69, 9.17) is 16.3 Å². The third-order valence-corrected chi connectivity index (χ3v) is 5.66. The summed E-state index contributed by atoms with van der Waals surface area (Å²) in [5, 5.41) is 0.377. The van der Waals surface area contributed by atoms with Crippen molar-refractivity contribution in [2.75, 3.05) is 31.2 Å². The monoisotopic (exact) mass is 382 g/mol. The highest BCUT2D eigenvalue weighted by Crippen LogP contribution is 2.20. The molecule has 0 amide bonds. The van der Waals surface area contributed by atoms with Crippen molar-refractivity contribution < 1.29 is 13.2 Å². The van der Waals surface area contributed by atoms with E-state index in [1.807, 2.05) is 4.90 Å². The highest BCUT2D eigenvalue weighted by atomic mass is 35.5. The third-order valence-electron chi connectivity index (χ3n) is 3.88. The van der Waals surface area contributed by atoms with Crippen molar-refractivity contribution in [2.45, 2.75) is 18.4 Å². The Kier molecular flexibility index (Phi) is 5.53. The van der Waals surface area contributed by atoms with E-state index < -0.39 is 10.0 Å². The summed E-state index contributed by atoms with van der Waals surface area (Å²) in [4.78, 5) is 10.9. The van der Waals surface area contributed by atoms with Crippen LogP contribution >= 0.6 is 11.6 Å². The number of benzene rings is 1. The third kappa shape index (κ3) is 4.46. The molecule has 1 aliphatic rings. The van der Waals surface area contributed by atoms with Crippen LogP contribution < -0.4 is 9.62 Å².